The van der Waals surface area contributed by atoms with Gasteiger partial charge >= 0.3 is 6.03 Å². The van der Waals surface area contributed by atoms with Gasteiger partial charge in [0.1, 0.15) is 0 Å². The van der Waals surface area contributed by atoms with Crippen LogP contribution >= 0.6 is 0 Å². The van der Waals surface area contributed by atoms with Gasteiger partial charge in [-0.15, -0.1) is 0 Å². The van der Waals surface area contributed by atoms with Crippen molar-refractivity contribution in [1.29, 1.82) is 5.26 Å². The molecule has 0 saturated heterocycles. The minimum absolute atomic E-state index is 0.0571. The van der Waals surface area contributed by atoms with Crippen LogP contribution in [0.15, 0.2) is 24.3 Å². The van der Waals surface area contributed by atoms with Gasteiger partial charge in [-0.05, 0) is 31.2 Å². The zero-order valence-corrected chi connectivity index (χ0v) is 9.86. The van der Waals surface area contributed by atoms with E-state index in [0.29, 0.717) is 17.9 Å². The van der Waals surface area contributed by atoms with Gasteiger partial charge in [-0.1, -0.05) is 0 Å². The van der Waals surface area contributed by atoms with E-state index in [1.165, 1.54) is 0 Å². The molecule has 0 aliphatic carbocycles. The number of hydrogen-bond donors (Lipinski definition) is 2. The lowest BCUT2D eigenvalue weighted by molar-refractivity contribution is 0.173. The van der Waals surface area contributed by atoms with Crippen LogP contribution in [-0.4, -0.2) is 25.8 Å². The molecule has 1 unspecified atom stereocenters. The summed E-state index contributed by atoms with van der Waals surface area (Å²) in [5, 5.41) is 14.0. The topological polar surface area (TPSA) is 74.2 Å². The highest BCUT2D eigenvalue weighted by atomic mass is 16.5. The maximum absolute atomic E-state index is 11.5. The number of carbonyl (C=O) groups excluding carboxylic acids is 1. The molecule has 1 aromatic carbocycles. The SMILES string of the molecule is COCC(C)NC(=O)Nc1ccc(C#N)cc1. The lowest BCUT2D eigenvalue weighted by Gasteiger charge is -2.13. The minimum Gasteiger partial charge on any atom is -0.383 e. The summed E-state index contributed by atoms with van der Waals surface area (Å²) in [6.07, 6.45) is 0. The molecular weight excluding hydrogens is 218 g/mol. The molecule has 1 rings (SSSR count). The molecule has 0 spiro atoms. The number of carbonyl (C=O) groups is 1. The first-order valence-corrected chi connectivity index (χ1v) is 5.22. The van der Waals surface area contributed by atoms with Crippen LogP contribution in [0.3, 0.4) is 0 Å². The van der Waals surface area contributed by atoms with Crippen LogP contribution in [-0.2, 0) is 4.74 Å². The molecule has 5 heteroatoms. The zero-order valence-electron chi connectivity index (χ0n) is 9.86. The number of ether oxygens (including phenoxy) is 1. The standard InChI is InChI=1S/C12H15N3O2/c1-9(8-17-2)14-12(16)15-11-5-3-10(7-13)4-6-11/h3-6,9H,8H2,1-2H3,(H2,14,15,16). The first-order chi connectivity index (χ1) is 8.15. The number of urea groups is 1. The van der Waals surface area contributed by atoms with Crippen LogP contribution in [0.1, 0.15) is 12.5 Å². The fraction of sp³-hybridized carbons (Fsp3) is 0.333. The number of methoxy groups -OCH3 is 1. The molecule has 0 fully saturated rings. The molecule has 90 valence electrons. The van der Waals surface area contributed by atoms with Crippen molar-refractivity contribution in [2.45, 2.75) is 13.0 Å². The fourth-order valence-corrected chi connectivity index (χ4v) is 1.31. The number of anilines is 1. The van der Waals surface area contributed by atoms with Crippen LogP contribution in [0.5, 0.6) is 0 Å². The van der Waals surface area contributed by atoms with Gasteiger partial charge < -0.3 is 15.4 Å². The van der Waals surface area contributed by atoms with E-state index in [2.05, 4.69) is 10.6 Å². The predicted molar refractivity (Wildman–Crippen MR) is 64.6 cm³/mol. The van der Waals surface area contributed by atoms with Crippen LogP contribution in [0.4, 0.5) is 10.5 Å². The summed E-state index contributed by atoms with van der Waals surface area (Å²) < 4.78 is 4.91. The van der Waals surface area contributed by atoms with E-state index in [4.69, 9.17) is 10.00 Å². The predicted octanol–water partition coefficient (Wildman–Crippen LogP) is 1.71. The largest absolute Gasteiger partial charge is 0.383 e. The molecule has 0 heterocycles. The maximum Gasteiger partial charge on any atom is 0.319 e. The van der Waals surface area contributed by atoms with Crippen molar-refractivity contribution >= 4 is 11.7 Å². The number of amides is 2. The molecular formula is C12H15N3O2. The van der Waals surface area contributed by atoms with E-state index in [0.717, 1.165) is 0 Å². The monoisotopic (exact) mass is 233 g/mol. The Bertz CT molecular complexity index is 409. The summed E-state index contributed by atoms with van der Waals surface area (Å²) in [6, 6.07) is 8.32. The van der Waals surface area contributed by atoms with E-state index >= 15 is 0 Å². The van der Waals surface area contributed by atoms with Crippen molar-refractivity contribution in [2.75, 3.05) is 19.0 Å². The number of hydrogen-bond acceptors (Lipinski definition) is 3. The smallest absolute Gasteiger partial charge is 0.319 e. The van der Waals surface area contributed by atoms with Gasteiger partial charge in [0, 0.05) is 12.8 Å². The van der Waals surface area contributed by atoms with Crippen LogP contribution < -0.4 is 10.6 Å². The third kappa shape index (κ3) is 4.53. The number of nitrogens with zero attached hydrogens (tertiary/aromatic N) is 1. The highest BCUT2D eigenvalue weighted by Crippen LogP contribution is 2.08. The quantitative estimate of drug-likeness (QED) is 0.831. The Hall–Kier alpha value is -2.06. The number of nitrogens with one attached hydrogen (secondary N) is 2. The summed E-state index contributed by atoms with van der Waals surface area (Å²) in [4.78, 5) is 11.5. The molecule has 2 N–H and O–H groups in total. The van der Waals surface area contributed by atoms with Crippen LogP contribution in [0, 0.1) is 11.3 Å². The van der Waals surface area contributed by atoms with Crippen LogP contribution in [0.2, 0.25) is 0 Å². The summed E-state index contributed by atoms with van der Waals surface area (Å²) in [5.74, 6) is 0. The summed E-state index contributed by atoms with van der Waals surface area (Å²) in [6.45, 7) is 2.31. The Morgan fingerprint density at radius 2 is 2.12 bits per heavy atom. The molecule has 0 aromatic heterocycles. The Morgan fingerprint density at radius 3 is 2.65 bits per heavy atom. The average Bonchev–Trinajstić information content (AvgIpc) is 2.30. The molecule has 0 radical (unpaired) electrons. The summed E-state index contributed by atoms with van der Waals surface area (Å²) in [5.41, 5.74) is 1.20. The fourth-order valence-electron chi connectivity index (χ4n) is 1.31. The summed E-state index contributed by atoms with van der Waals surface area (Å²) >= 11 is 0. The van der Waals surface area contributed by atoms with Crippen molar-refractivity contribution < 1.29 is 9.53 Å². The second-order valence-corrected chi connectivity index (χ2v) is 3.64. The Morgan fingerprint density at radius 1 is 1.47 bits per heavy atom. The molecule has 0 aliphatic rings. The maximum atomic E-state index is 11.5. The molecule has 1 atom stereocenters. The molecule has 17 heavy (non-hydrogen) atoms. The number of nitriles is 1. The highest BCUT2D eigenvalue weighted by molar-refractivity contribution is 5.89. The van der Waals surface area contributed by atoms with Gasteiger partial charge in [0.2, 0.25) is 0 Å². The second-order valence-electron chi connectivity index (χ2n) is 3.64. The molecule has 0 bridgehead atoms. The normalized spacial score (nSPS) is 11.4. The lowest BCUT2D eigenvalue weighted by atomic mass is 10.2. The highest BCUT2D eigenvalue weighted by Gasteiger charge is 2.06. The van der Waals surface area contributed by atoms with Crippen molar-refractivity contribution in [1.82, 2.24) is 5.32 Å². The zero-order chi connectivity index (χ0) is 12.7. The van der Waals surface area contributed by atoms with Gasteiger partial charge in [0.05, 0.1) is 24.3 Å². The molecule has 2 amide bonds. The van der Waals surface area contributed by atoms with E-state index in [9.17, 15) is 4.79 Å². The number of benzene rings is 1. The Kier molecular flexibility index (Phi) is 4.98. The Labute approximate surface area is 100 Å². The van der Waals surface area contributed by atoms with Crippen molar-refractivity contribution in [3.63, 3.8) is 0 Å². The first-order valence-electron chi connectivity index (χ1n) is 5.22. The summed E-state index contributed by atoms with van der Waals surface area (Å²) in [7, 11) is 1.58. The van der Waals surface area contributed by atoms with Crippen LogP contribution in [0.25, 0.3) is 0 Å². The second kappa shape index (κ2) is 6.51. The molecule has 5 nitrogen and oxygen atoms in total. The van der Waals surface area contributed by atoms with E-state index in [-0.39, 0.29) is 12.1 Å². The molecule has 0 saturated carbocycles. The van der Waals surface area contributed by atoms with Crippen molar-refractivity contribution in [3.8, 4) is 6.07 Å². The number of rotatable bonds is 4. The van der Waals surface area contributed by atoms with Gasteiger partial charge in [-0.3, -0.25) is 0 Å². The van der Waals surface area contributed by atoms with E-state index in [1.807, 2.05) is 13.0 Å². The molecule has 1 aromatic rings. The first kappa shape index (κ1) is 13.0. The van der Waals surface area contributed by atoms with Gasteiger partial charge in [-0.25, -0.2) is 4.79 Å². The van der Waals surface area contributed by atoms with E-state index in [1.54, 1.807) is 31.4 Å². The van der Waals surface area contributed by atoms with Gasteiger partial charge in [-0.2, -0.15) is 5.26 Å². The average molecular weight is 233 g/mol. The molecule has 0 aliphatic heterocycles. The minimum atomic E-state index is -0.292. The lowest BCUT2D eigenvalue weighted by Crippen LogP contribution is -2.38. The van der Waals surface area contributed by atoms with Crippen molar-refractivity contribution in [2.24, 2.45) is 0 Å². The van der Waals surface area contributed by atoms with Gasteiger partial charge in [0.25, 0.3) is 0 Å². The third-order valence-corrected chi connectivity index (χ3v) is 2.07. The van der Waals surface area contributed by atoms with E-state index < -0.39 is 0 Å². The Balaban J connectivity index is 2.48. The van der Waals surface area contributed by atoms with Crippen molar-refractivity contribution in [3.05, 3.63) is 29.8 Å². The van der Waals surface area contributed by atoms with Gasteiger partial charge in [0.15, 0.2) is 0 Å². The third-order valence-electron chi connectivity index (χ3n) is 2.07.